The highest BCUT2D eigenvalue weighted by molar-refractivity contribution is 7.90. The third kappa shape index (κ3) is 6.76. The summed E-state index contributed by atoms with van der Waals surface area (Å²) < 4.78 is 29.2. The number of amides is 1. The number of aromatic nitrogens is 1. The topological polar surface area (TPSA) is 102 Å². The highest BCUT2D eigenvalue weighted by Gasteiger charge is 2.18. The zero-order valence-corrected chi connectivity index (χ0v) is 16.9. The summed E-state index contributed by atoms with van der Waals surface area (Å²) in [6.07, 6.45) is 0.275. The van der Waals surface area contributed by atoms with Crippen molar-refractivity contribution < 1.29 is 22.7 Å². The predicted octanol–water partition coefficient (Wildman–Crippen LogP) is 2.96. The van der Waals surface area contributed by atoms with Crippen molar-refractivity contribution in [1.82, 2.24) is 4.98 Å². The fraction of sp³-hybridized carbons (Fsp3) is 0.389. The first-order valence-corrected chi connectivity index (χ1v) is 11.1. The maximum absolute atomic E-state index is 12.1. The number of anilines is 1. The van der Waals surface area contributed by atoms with Gasteiger partial charge < -0.3 is 10.1 Å². The molecule has 0 spiro atoms. The summed E-state index contributed by atoms with van der Waals surface area (Å²) in [5.74, 6) is -0.918. The van der Waals surface area contributed by atoms with Gasteiger partial charge in [-0.3, -0.25) is 4.79 Å². The van der Waals surface area contributed by atoms with Crippen molar-refractivity contribution in [2.75, 3.05) is 17.7 Å². The van der Waals surface area contributed by atoms with E-state index >= 15 is 0 Å². The van der Waals surface area contributed by atoms with Gasteiger partial charge in [0.05, 0.1) is 23.8 Å². The summed E-state index contributed by atoms with van der Waals surface area (Å²) >= 11 is 1.04. The minimum atomic E-state index is -3.28. The number of nitrogens with one attached hydrogen (secondary N) is 1. The average Bonchev–Trinajstić information content (AvgIpc) is 2.95. The van der Waals surface area contributed by atoms with E-state index in [1.165, 1.54) is 0 Å². The Morgan fingerprint density at radius 3 is 2.59 bits per heavy atom. The molecule has 0 radical (unpaired) electrons. The van der Waals surface area contributed by atoms with Gasteiger partial charge in [0.1, 0.15) is 4.88 Å². The summed E-state index contributed by atoms with van der Waals surface area (Å²) in [7, 11) is -3.28. The van der Waals surface area contributed by atoms with Crippen LogP contribution in [0, 0.1) is 6.92 Å². The van der Waals surface area contributed by atoms with Crippen LogP contribution in [0.15, 0.2) is 30.3 Å². The van der Waals surface area contributed by atoms with E-state index in [2.05, 4.69) is 10.3 Å². The van der Waals surface area contributed by atoms with Crippen LogP contribution in [0.3, 0.4) is 0 Å². The van der Waals surface area contributed by atoms with Gasteiger partial charge in [-0.05, 0) is 25.8 Å². The molecule has 0 aliphatic carbocycles. The summed E-state index contributed by atoms with van der Waals surface area (Å²) in [5, 5.41) is 2.90. The molecule has 1 heterocycles. The van der Waals surface area contributed by atoms with Crippen LogP contribution in [0.2, 0.25) is 0 Å². The Balaban J connectivity index is 1.82. The van der Waals surface area contributed by atoms with E-state index in [0.29, 0.717) is 15.7 Å². The molecule has 0 saturated heterocycles. The molecule has 0 aliphatic heterocycles. The van der Waals surface area contributed by atoms with E-state index in [1.54, 1.807) is 38.1 Å². The van der Waals surface area contributed by atoms with Crippen LogP contribution in [-0.2, 0) is 25.1 Å². The summed E-state index contributed by atoms with van der Waals surface area (Å²) in [6, 6.07) is 8.93. The smallest absolute Gasteiger partial charge is 0.350 e. The van der Waals surface area contributed by atoms with E-state index < -0.39 is 15.8 Å². The number of thiazole rings is 1. The Hall–Kier alpha value is -2.26. The van der Waals surface area contributed by atoms with Gasteiger partial charge in [-0.25, -0.2) is 18.2 Å². The normalized spacial score (nSPS) is 11.2. The quantitative estimate of drug-likeness (QED) is 0.638. The minimum Gasteiger partial charge on any atom is -0.462 e. The first-order chi connectivity index (χ1) is 12.8. The number of esters is 1. The summed E-state index contributed by atoms with van der Waals surface area (Å²) in [5.41, 5.74) is 1.21. The van der Waals surface area contributed by atoms with E-state index in [-0.39, 0.29) is 36.9 Å². The zero-order valence-electron chi connectivity index (χ0n) is 15.2. The highest BCUT2D eigenvalue weighted by atomic mass is 32.2. The number of nitrogens with zero attached hydrogens (tertiary/aromatic N) is 1. The number of carbonyl (C=O) groups is 2. The lowest BCUT2D eigenvalue weighted by atomic mass is 10.2. The van der Waals surface area contributed by atoms with Crippen molar-refractivity contribution >= 4 is 38.2 Å². The molecule has 1 aromatic carbocycles. The first kappa shape index (κ1) is 21.0. The van der Waals surface area contributed by atoms with E-state index in [1.807, 2.05) is 6.07 Å². The molecule has 0 unspecified atom stereocenters. The van der Waals surface area contributed by atoms with Crippen molar-refractivity contribution in [3.8, 4) is 0 Å². The Bertz CT molecular complexity index is 892. The molecule has 0 fully saturated rings. The van der Waals surface area contributed by atoms with Gasteiger partial charge in [-0.2, -0.15) is 0 Å². The lowest BCUT2D eigenvalue weighted by molar-refractivity contribution is -0.116. The van der Waals surface area contributed by atoms with Crippen LogP contribution in [0.1, 0.15) is 40.7 Å². The number of aryl methyl sites for hydroxylation is 1. The van der Waals surface area contributed by atoms with Crippen LogP contribution in [0.25, 0.3) is 0 Å². The molecule has 1 amide bonds. The molecule has 0 aliphatic rings. The lowest BCUT2D eigenvalue weighted by Gasteiger charge is -2.05. The maximum Gasteiger partial charge on any atom is 0.350 e. The van der Waals surface area contributed by atoms with Crippen molar-refractivity contribution in [2.45, 2.75) is 32.4 Å². The fourth-order valence-corrected chi connectivity index (χ4v) is 4.68. The molecular formula is C18H22N2O5S2. The van der Waals surface area contributed by atoms with Crippen molar-refractivity contribution in [2.24, 2.45) is 0 Å². The fourth-order valence-electron chi connectivity index (χ4n) is 2.37. The lowest BCUT2D eigenvalue weighted by Crippen LogP contribution is -2.15. The Kier molecular flexibility index (Phi) is 7.49. The standard InChI is InChI=1S/C18H22N2O5S2/c1-3-25-17(22)16-13(2)19-18(26-16)20-15(21)10-7-11-27(23,24)12-14-8-5-4-6-9-14/h4-6,8-9H,3,7,10-12H2,1-2H3,(H,19,20,21). The second-order valence-electron chi connectivity index (χ2n) is 5.88. The maximum atomic E-state index is 12.1. The number of carbonyl (C=O) groups excluding carboxylic acids is 2. The molecule has 0 atom stereocenters. The van der Waals surface area contributed by atoms with Crippen LogP contribution < -0.4 is 5.32 Å². The first-order valence-electron chi connectivity index (χ1n) is 8.49. The van der Waals surface area contributed by atoms with Gasteiger partial charge in [0.2, 0.25) is 5.91 Å². The molecule has 0 saturated carbocycles. The molecule has 1 aromatic heterocycles. The molecule has 146 valence electrons. The molecule has 27 heavy (non-hydrogen) atoms. The number of sulfone groups is 1. The third-order valence-corrected chi connectivity index (χ3v) is 6.33. The van der Waals surface area contributed by atoms with Gasteiger partial charge in [-0.1, -0.05) is 41.7 Å². The zero-order chi connectivity index (χ0) is 19.9. The van der Waals surface area contributed by atoms with E-state index in [0.717, 1.165) is 16.9 Å². The molecule has 2 aromatic rings. The van der Waals surface area contributed by atoms with Crippen LogP contribution in [0.5, 0.6) is 0 Å². The average molecular weight is 411 g/mol. The van der Waals surface area contributed by atoms with Gasteiger partial charge in [-0.15, -0.1) is 0 Å². The molecular weight excluding hydrogens is 388 g/mol. The summed E-state index contributed by atoms with van der Waals surface area (Å²) in [4.78, 5) is 28.3. The third-order valence-electron chi connectivity index (χ3n) is 3.59. The van der Waals surface area contributed by atoms with Crippen molar-refractivity contribution in [3.63, 3.8) is 0 Å². The number of rotatable bonds is 9. The monoisotopic (exact) mass is 410 g/mol. The van der Waals surface area contributed by atoms with Gasteiger partial charge in [0.25, 0.3) is 0 Å². The number of hydrogen-bond donors (Lipinski definition) is 1. The van der Waals surface area contributed by atoms with Crippen LogP contribution in [0.4, 0.5) is 5.13 Å². The SMILES string of the molecule is CCOC(=O)c1sc(NC(=O)CCCS(=O)(=O)Cc2ccccc2)nc1C. The minimum absolute atomic E-state index is 0.0377. The number of benzene rings is 1. The van der Waals surface area contributed by atoms with Gasteiger partial charge in [0, 0.05) is 6.42 Å². The van der Waals surface area contributed by atoms with Crippen LogP contribution in [-0.4, -0.2) is 37.6 Å². The molecule has 1 N–H and O–H groups in total. The van der Waals surface area contributed by atoms with Crippen LogP contribution >= 0.6 is 11.3 Å². The van der Waals surface area contributed by atoms with E-state index in [9.17, 15) is 18.0 Å². The molecule has 7 nitrogen and oxygen atoms in total. The Morgan fingerprint density at radius 2 is 1.93 bits per heavy atom. The molecule has 0 bridgehead atoms. The van der Waals surface area contributed by atoms with Gasteiger partial charge >= 0.3 is 5.97 Å². The molecule has 2 rings (SSSR count). The second-order valence-corrected chi connectivity index (χ2v) is 9.07. The Labute approximate surface area is 162 Å². The van der Waals surface area contributed by atoms with Crippen molar-refractivity contribution in [3.05, 3.63) is 46.5 Å². The Morgan fingerprint density at radius 1 is 1.22 bits per heavy atom. The summed E-state index contributed by atoms with van der Waals surface area (Å²) in [6.45, 7) is 3.63. The van der Waals surface area contributed by atoms with Crippen molar-refractivity contribution in [1.29, 1.82) is 0 Å². The molecule has 9 heteroatoms. The van der Waals surface area contributed by atoms with E-state index in [4.69, 9.17) is 4.74 Å². The van der Waals surface area contributed by atoms with Gasteiger partial charge in [0.15, 0.2) is 15.0 Å². The number of ether oxygens (including phenoxy) is 1. The number of hydrogen-bond acceptors (Lipinski definition) is 7. The predicted molar refractivity (Wildman–Crippen MR) is 105 cm³/mol. The second kappa shape index (κ2) is 9.61. The largest absolute Gasteiger partial charge is 0.462 e. The highest BCUT2D eigenvalue weighted by Crippen LogP contribution is 2.23.